The largest absolute Gasteiger partial charge is 0.378 e. The molecule has 5 nitrogen and oxygen atoms in total. The average Bonchev–Trinajstić information content (AvgIpc) is 2.20. The van der Waals surface area contributed by atoms with Crippen molar-refractivity contribution in [1.29, 1.82) is 0 Å². The van der Waals surface area contributed by atoms with Crippen molar-refractivity contribution in [1.82, 2.24) is 0 Å². The molecule has 3 N–H and O–H groups in total. The van der Waals surface area contributed by atoms with Gasteiger partial charge in [0.15, 0.2) is 0 Å². The van der Waals surface area contributed by atoms with Gasteiger partial charge in [0, 0.05) is 12.6 Å². The first-order chi connectivity index (χ1) is 7.16. The molecule has 7 heteroatoms. The van der Waals surface area contributed by atoms with Crippen molar-refractivity contribution in [3.05, 3.63) is 33.3 Å². The van der Waals surface area contributed by atoms with Gasteiger partial charge in [-0.15, -0.1) is 12.4 Å². The van der Waals surface area contributed by atoms with Crippen LogP contribution in [0.25, 0.3) is 0 Å². The van der Waals surface area contributed by atoms with E-state index in [1.54, 1.807) is 12.1 Å². The third kappa shape index (κ3) is 3.84. The van der Waals surface area contributed by atoms with Gasteiger partial charge in [0.2, 0.25) is 0 Å². The molecule has 0 bridgehead atoms. The van der Waals surface area contributed by atoms with Crippen molar-refractivity contribution >= 4 is 35.4 Å². The minimum absolute atomic E-state index is 0. The fourth-order valence-corrected chi connectivity index (χ4v) is 1.39. The number of nitro groups is 1. The predicted octanol–water partition coefficient (Wildman–Crippen LogP) is 2.43. The predicted molar refractivity (Wildman–Crippen MR) is 67.5 cm³/mol. The Hall–Kier alpha value is -1.04. The number of para-hydroxylation sites is 1. The highest BCUT2D eigenvalue weighted by molar-refractivity contribution is 6.33. The smallest absolute Gasteiger partial charge is 0.293 e. The summed E-state index contributed by atoms with van der Waals surface area (Å²) in [4.78, 5) is 10.2. The minimum atomic E-state index is -0.462. The first kappa shape index (κ1) is 15.0. The molecule has 0 radical (unpaired) electrons. The van der Waals surface area contributed by atoms with Crippen molar-refractivity contribution in [2.24, 2.45) is 5.73 Å². The summed E-state index contributed by atoms with van der Waals surface area (Å²) in [5.41, 5.74) is 5.67. The van der Waals surface area contributed by atoms with E-state index in [-0.39, 0.29) is 18.1 Å². The molecular weight excluding hydrogens is 253 g/mol. The fraction of sp³-hybridized carbons (Fsp3) is 0.333. The van der Waals surface area contributed by atoms with Gasteiger partial charge in [-0.1, -0.05) is 17.7 Å². The third-order valence-corrected chi connectivity index (χ3v) is 2.19. The second-order valence-electron chi connectivity index (χ2n) is 2.96. The molecule has 1 aromatic rings. The number of nitrogens with zero attached hydrogens (tertiary/aromatic N) is 1. The van der Waals surface area contributed by atoms with E-state index in [4.69, 9.17) is 17.3 Å². The van der Waals surface area contributed by atoms with Crippen LogP contribution in [0.3, 0.4) is 0 Å². The maximum absolute atomic E-state index is 10.7. The van der Waals surface area contributed by atoms with Crippen LogP contribution in [0.1, 0.15) is 6.42 Å². The van der Waals surface area contributed by atoms with Crippen molar-refractivity contribution < 1.29 is 4.92 Å². The van der Waals surface area contributed by atoms with Gasteiger partial charge >= 0.3 is 0 Å². The fourth-order valence-electron chi connectivity index (χ4n) is 1.16. The first-order valence-electron chi connectivity index (χ1n) is 4.53. The average molecular weight is 266 g/mol. The molecule has 1 aromatic carbocycles. The second-order valence-corrected chi connectivity index (χ2v) is 3.37. The Kier molecular flexibility index (Phi) is 6.80. The van der Waals surface area contributed by atoms with Crippen molar-refractivity contribution in [2.75, 3.05) is 18.4 Å². The zero-order chi connectivity index (χ0) is 11.3. The van der Waals surface area contributed by atoms with Gasteiger partial charge in [-0.25, -0.2) is 0 Å². The van der Waals surface area contributed by atoms with Crippen LogP contribution in [-0.2, 0) is 0 Å². The SMILES string of the molecule is Cl.NCCCNc1c(Cl)cccc1[N+](=O)[O-]. The lowest BCUT2D eigenvalue weighted by Crippen LogP contribution is -2.09. The molecular formula is C9H13Cl2N3O2. The summed E-state index contributed by atoms with van der Waals surface area (Å²) in [6.07, 6.45) is 0.738. The van der Waals surface area contributed by atoms with Gasteiger partial charge in [0.1, 0.15) is 5.69 Å². The van der Waals surface area contributed by atoms with Gasteiger partial charge in [-0.2, -0.15) is 0 Å². The molecule has 0 aliphatic heterocycles. The number of anilines is 1. The molecule has 1 rings (SSSR count). The van der Waals surface area contributed by atoms with E-state index in [2.05, 4.69) is 5.32 Å². The van der Waals surface area contributed by atoms with E-state index >= 15 is 0 Å². The van der Waals surface area contributed by atoms with E-state index in [0.29, 0.717) is 23.8 Å². The number of nitro benzene ring substituents is 1. The lowest BCUT2D eigenvalue weighted by atomic mass is 10.2. The van der Waals surface area contributed by atoms with E-state index in [1.165, 1.54) is 6.07 Å². The van der Waals surface area contributed by atoms with Gasteiger partial charge < -0.3 is 11.1 Å². The van der Waals surface area contributed by atoms with Crippen LogP contribution < -0.4 is 11.1 Å². The lowest BCUT2D eigenvalue weighted by Gasteiger charge is -2.07. The van der Waals surface area contributed by atoms with Gasteiger partial charge in [-0.3, -0.25) is 10.1 Å². The van der Waals surface area contributed by atoms with E-state index < -0.39 is 4.92 Å². The van der Waals surface area contributed by atoms with Gasteiger partial charge in [0.25, 0.3) is 5.69 Å². The molecule has 0 fully saturated rings. The minimum Gasteiger partial charge on any atom is -0.378 e. The number of nitrogens with one attached hydrogen (secondary N) is 1. The van der Waals surface area contributed by atoms with Crippen LogP contribution >= 0.6 is 24.0 Å². The molecule has 90 valence electrons. The summed E-state index contributed by atoms with van der Waals surface area (Å²) in [7, 11) is 0. The van der Waals surface area contributed by atoms with Crippen molar-refractivity contribution in [3.8, 4) is 0 Å². The van der Waals surface area contributed by atoms with Crippen molar-refractivity contribution in [2.45, 2.75) is 6.42 Å². The number of benzene rings is 1. The number of hydrogen-bond donors (Lipinski definition) is 2. The topological polar surface area (TPSA) is 81.2 Å². The van der Waals surface area contributed by atoms with Crippen molar-refractivity contribution in [3.63, 3.8) is 0 Å². The standard InChI is InChI=1S/C9H12ClN3O2.ClH/c10-7-3-1-4-8(13(14)15)9(7)12-6-2-5-11;/h1,3-4,12H,2,5-6,11H2;1H. The first-order valence-corrected chi connectivity index (χ1v) is 4.91. The van der Waals surface area contributed by atoms with E-state index in [9.17, 15) is 10.1 Å². The highest BCUT2D eigenvalue weighted by Gasteiger charge is 2.15. The zero-order valence-electron chi connectivity index (χ0n) is 8.48. The molecule has 0 aliphatic rings. The Morgan fingerprint density at radius 3 is 2.75 bits per heavy atom. The molecule has 0 amide bonds. The Balaban J connectivity index is 0.00000225. The molecule has 0 aromatic heterocycles. The highest BCUT2D eigenvalue weighted by atomic mass is 35.5. The molecule has 0 spiro atoms. The number of hydrogen-bond acceptors (Lipinski definition) is 4. The molecule has 0 atom stereocenters. The molecule has 0 aliphatic carbocycles. The lowest BCUT2D eigenvalue weighted by molar-refractivity contribution is -0.383. The van der Waals surface area contributed by atoms with Gasteiger partial charge in [-0.05, 0) is 19.0 Å². The monoisotopic (exact) mass is 265 g/mol. The van der Waals surface area contributed by atoms with Crippen LogP contribution in [0.5, 0.6) is 0 Å². The maximum Gasteiger partial charge on any atom is 0.293 e. The Morgan fingerprint density at radius 1 is 1.50 bits per heavy atom. The summed E-state index contributed by atoms with van der Waals surface area (Å²) >= 11 is 5.85. The summed E-state index contributed by atoms with van der Waals surface area (Å²) in [6.45, 7) is 1.10. The highest BCUT2D eigenvalue weighted by Crippen LogP contribution is 2.31. The van der Waals surface area contributed by atoms with Crippen LogP contribution in [0.2, 0.25) is 5.02 Å². The number of rotatable bonds is 5. The Morgan fingerprint density at radius 2 is 2.19 bits per heavy atom. The molecule has 0 saturated heterocycles. The molecule has 16 heavy (non-hydrogen) atoms. The Labute approximate surface area is 105 Å². The van der Waals surface area contributed by atoms with Crippen LogP contribution in [0, 0.1) is 10.1 Å². The summed E-state index contributed by atoms with van der Waals surface area (Å²) in [6, 6.07) is 4.57. The molecule has 0 unspecified atom stereocenters. The molecule has 0 heterocycles. The quantitative estimate of drug-likeness (QED) is 0.487. The van der Waals surface area contributed by atoms with Crippen LogP contribution in [0.4, 0.5) is 11.4 Å². The summed E-state index contributed by atoms with van der Waals surface area (Å²) in [5, 5.41) is 13.9. The number of halogens is 2. The summed E-state index contributed by atoms with van der Waals surface area (Å²) in [5.74, 6) is 0. The van der Waals surface area contributed by atoms with Crippen LogP contribution in [-0.4, -0.2) is 18.0 Å². The second kappa shape index (κ2) is 7.27. The molecule has 0 saturated carbocycles. The zero-order valence-corrected chi connectivity index (χ0v) is 10.1. The Bertz CT molecular complexity index is 361. The van der Waals surface area contributed by atoms with Gasteiger partial charge in [0.05, 0.1) is 9.95 Å². The summed E-state index contributed by atoms with van der Waals surface area (Å²) < 4.78 is 0. The normalized spacial score (nSPS) is 9.38. The van der Waals surface area contributed by atoms with Crippen LogP contribution in [0.15, 0.2) is 18.2 Å². The number of nitrogens with two attached hydrogens (primary N) is 1. The third-order valence-electron chi connectivity index (χ3n) is 1.87. The van der Waals surface area contributed by atoms with E-state index in [0.717, 1.165) is 6.42 Å². The maximum atomic E-state index is 10.7. The van der Waals surface area contributed by atoms with E-state index in [1.807, 2.05) is 0 Å².